The number of benzene rings is 2. The third-order valence-electron chi connectivity index (χ3n) is 3.24. The van der Waals surface area contributed by atoms with Crippen LogP contribution in [0.4, 0.5) is 13.2 Å². The molecule has 0 heterocycles. The lowest BCUT2D eigenvalue weighted by atomic mass is 9.98. The van der Waals surface area contributed by atoms with E-state index in [0.29, 0.717) is 18.5 Å². The summed E-state index contributed by atoms with van der Waals surface area (Å²) in [4.78, 5) is 0. The minimum atomic E-state index is -0.610. The van der Waals surface area contributed by atoms with Crippen molar-refractivity contribution in [3.63, 3.8) is 0 Å². The third kappa shape index (κ3) is 3.99. The Morgan fingerprint density at radius 2 is 1.81 bits per heavy atom. The van der Waals surface area contributed by atoms with Crippen molar-refractivity contribution in [2.75, 3.05) is 6.54 Å². The van der Waals surface area contributed by atoms with E-state index in [-0.39, 0.29) is 11.1 Å². The second-order valence-electron chi connectivity index (χ2n) is 4.72. The van der Waals surface area contributed by atoms with Gasteiger partial charge in [-0.3, -0.25) is 0 Å². The van der Waals surface area contributed by atoms with Crippen molar-refractivity contribution in [1.82, 2.24) is 5.32 Å². The van der Waals surface area contributed by atoms with Gasteiger partial charge in [0.2, 0.25) is 0 Å². The van der Waals surface area contributed by atoms with Crippen LogP contribution in [0.1, 0.15) is 24.1 Å². The molecular weight excluding hydrogens is 299 g/mol. The predicted molar refractivity (Wildman–Crippen MR) is 77.9 cm³/mol. The zero-order chi connectivity index (χ0) is 15.4. The predicted octanol–water partition coefficient (Wildman–Crippen LogP) is 4.65. The summed E-state index contributed by atoms with van der Waals surface area (Å²) < 4.78 is 39.9. The van der Waals surface area contributed by atoms with E-state index in [1.54, 1.807) is 6.07 Å². The number of likely N-dealkylation sites (N-methyl/N-ethyl adjacent to an activating group) is 1. The molecule has 0 saturated heterocycles. The van der Waals surface area contributed by atoms with Crippen LogP contribution in [0.25, 0.3) is 0 Å². The molecule has 21 heavy (non-hydrogen) atoms. The molecule has 2 aromatic rings. The summed E-state index contributed by atoms with van der Waals surface area (Å²) in [5, 5.41) is 3.22. The normalized spacial score (nSPS) is 12.4. The van der Waals surface area contributed by atoms with Crippen LogP contribution in [0, 0.1) is 17.5 Å². The molecule has 1 unspecified atom stereocenters. The maximum atomic E-state index is 13.8. The van der Waals surface area contributed by atoms with Crippen molar-refractivity contribution in [2.45, 2.75) is 19.4 Å². The maximum Gasteiger partial charge on any atom is 0.141 e. The Hall–Kier alpha value is -1.52. The smallest absolute Gasteiger partial charge is 0.141 e. The van der Waals surface area contributed by atoms with E-state index in [4.69, 9.17) is 11.6 Å². The van der Waals surface area contributed by atoms with Gasteiger partial charge >= 0.3 is 0 Å². The molecule has 0 aliphatic heterocycles. The Morgan fingerprint density at radius 3 is 2.43 bits per heavy atom. The molecule has 1 N–H and O–H groups in total. The first-order chi connectivity index (χ1) is 10.0. The van der Waals surface area contributed by atoms with Crippen LogP contribution in [0.3, 0.4) is 0 Å². The standard InChI is InChI=1S/C16H15ClF3N/c1-2-21-16(11-4-6-14(19)13(17)7-11)8-10-3-5-12(18)9-15(10)20/h3-7,9,16,21H,2,8H2,1H3. The Labute approximate surface area is 126 Å². The van der Waals surface area contributed by atoms with E-state index < -0.39 is 17.5 Å². The number of rotatable bonds is 5. The summed E-state index contributed by atoms with van der Waals surface area (Å²) in [5.41, 5.74) is 1.15. The van der Waals surface area contributed by atoms with Gasteiger partial charge in [-0.1, -0.05) is 30.7 Å². The van der Waals surface area contributed by atoms with Crippen molar-refractivity contribution in [3.8, 4) is 0 Å². The minimum absolute atomic E-state index is 0.0231. The fraction of sp³-hybridized carbons (Fsp3) is 0.250. The van der Waals surface area contributed by atoms with Crippen LogP contribution in [0.15, 0.2) is 36.4 Å². The van der Waals surface area contributed by atoms with E-state index >= 15 is 0 Å². The van der Waals surface area contributed by atoms with Gasteiger partial charge in [0.15, 0.2) is 0 Å². The van der Waals surface area contributed by atoms with Crippen molar-refractivity contribution < 1.29 is 13.2 Å². The molecule has 0 fully saturated rings. The number of halogens is 4. The summed E-state index contributed by atoms with van der Waals surface area (Å²) in [5.74, 6) is -1.70. The quantitative estimate of drug-likeness (QED) is 0.847. The lowest BCUT2D eigenvalue weighted by molar-refractivity contribution is 0.520. The van der Waals surface area contributed by atoms with Crippen molar-refractivity contribution in [2.24, 2.45) is 0 Å². The first-order valence-corrected chi connectivity index (χ1v) is 7.01. The molecule has 2 aromatic carbocycles. The molecule has 0 amide bonds. The van der Waals surface area contributed by atoms with E-state index in [0.717, 1.165) is 11.6 Å². The molecule has 5 heteroatoms. The summed E-state index contributed by atoms with van der Waals surface area (Å²) in [6.07, 6.45) is 0.321. The van der Waals surface area contributed by atoms with Gasteiger partial charge in [0.1, 0.15) is 17.5 Å². The van der Waals surface area contributed by atoms with E-state index in [1.165, 1.54) is 24.3 Å². The third-order valence-corrected chi connectivity index (χ3v) is 3.53. The first kappa shape index (κ1) is 15.9. The van der Waals surface area contributed by atoms with Crippen molar-refractivity contribution in [3.05, 3.63) is 70.0 Å². The SMILES string of the molecule is CCNC(Cc1ccc(F)cc1F)c1ccc(F)c(Cl)c1. The molecule has 1 atom stereocenters. The van der Waals surface area contributed by atoms with Gasteiger partial charge < -0.3 is 5.32 Å². The highest BCUT2D eigenvalue weighted by atomic mass is 35.5. The molecular formula is C16H15ClF3N. The van der Waals surface area contributed by atoms with Crippen LogP contribution < -0.4 is 5.32 Å². The zero-order valence-electron chi connectivity index (χ0n) is 11.5. The molecule has 0 spiro atoms. The molecule has 0 radical (unpaired) electrons. The van der Waals surface area contributed by atoms with Gasteiger partial charge in [0.25, 0.3) is 0 Å². The monoisotopic (exact) mass is 313 g/mol. The summed E-state index contributed by atoms with van der Waals surface area (Å²) in [6.45, 7) is 2.57. The van der Waals surface area contributed by atoms with Crippen LogP contribution >= 0.6 is 11.6 Å². The van der Waals surface area contributed by atoms with E-state index in [9.17, 15) is 13.2 Å². The second kappa shape index (κ2) is 6.96. The Balaban J connectivity index is 2.28. The summed E-state index contributed by atoms with van der Waals surface area (Å²) >= 11 is 5.79. The Bertz CT molecular complexity index is 631. The summed E-state index contributed by atoms with van der Waals surface area (Å²) in [6, 6.07) is 7.67. The lowest BCUT2D eigenvalue weighted by Crippen LogP contribution is -2.23. The lowest BCUT2D eigenvalue weighted by Gasteiger charge is -2.19. The van der Waals surface area contributed by atoms with Crippen LogP contribution in [-0.2, 0) is 6.42 Å². The van der Waals surface area contributed by atoms with Crippen molar-refractivity contribution in [1.29, 1.82) is 0 Å². The Morgan fingerprint density at radius 1 is 1.05 bits per heavy atom. The molecule has 1 nitrogen and oxygen atoms in total. The fourth-order valence-electron chi connectivity index (χ4n) is 2.19. The second-order valence-corrected chi connectivity index (χ2v) is 5.13. The maximum absolute atomic E-state index is 13.8. The van der Waals surface area contributed by atoms with E-state index in [2.05, 4.69) is 5.32 Å². The summed E-state index contributed by atoms with van der Waals surface area (Å²) in [7, 11) is 0. The van der Waals surface area contributed by atoms with Gasteiger partial charge in [-0.2, -0.15) is 0 Å². The fourth-order valence-corrected chi connectivity index (χ4v) is 2.38. The van der Waals surface area contributed by atoms with Crippen LogP contribution in [-0.4, -0.2) is 6.54 Å². The van der Waals surface area contributed by atoms with Crippen LogP contribution in [0.5, 0.6) is 0 Å². The largest absolute Gasteiger partial charge is 0.310 e. The van der Waals surface area contributed by atoms with Gasteiger partial charge in [-0.05, 0) is 42.3 Å². The molecule has 0 aliphatic carbocycles. The molecule has 0 saturated carbocycles. The Kier molecular flexibility index (Phi) is 5.26. The van der Waals surface area contributed by atoms with Crippen LogP contribution in [0.2, 0.25) is 5.02 Å². The first-order valence-electron chi connectivity index (χ1n) is 6.63. The van der Waals surface area contributed by atoms with Crippen molar-refractivity contribution >= 4 is 11.6 Å². The van der Waals surface area contributed by atoms with E-state index in [1.807, 2.05) is 6.92 Å². The highest BCUT2D eigenvalue weighted by Crippen LogP contribution is 2.24. The molecule has 2 rings (SSSR count). The van der Waals surface area contributed by atoms with Gasteiger partial charge in [0.05, 0.1) is 5.02 Å². The number of nitrogens with one attached hydrogen (secondary N) is 1. The van der Waals surface area contributed by atoms with Gasteiger partial charge in [-0.25, -0.2) is 13.2 Å². The number of hydrogen-bond acceptors (Lipinski definition) is 1. The zero-order valence-corrected chi connectivity index (χ0v) is 12.2. The molecule has 112 valence electrons. The molecule has 0 aliphatic rings. The average Bonchev–Trinajstić information content (AvgIpc) is 2.44. The molecule has 0 aromatic heterocycles. The minimum Gasteiger partial charge on any atom is -0.310 e. The number of hydrogen-bond donors (Lipinski definition) is 1. The van der Waals surface area contributed by atoms with Gasteiger partial charge in [0, 0.05) is 12.1 Å². The van der Waals surface area contributed by atoms with Gasteiger partial charge in [-0.15, -0.1) is 0 Å². The highest BCUT2D eigenvalue weighted by molar-refractivity contribution is 6.30. The average molecular weight is 314 g/mol. The topological polar surface area (TPSA) is 12.0 Å². The molecule has 0 bridgehead atoms. The highest BCUT2D eigenvalue weighted by Gasteiger charge is 2.15.